The molecule has 2 aromatic rings. The summed E-state index contributed by atoms with van der Waals surface area (Å²) < 4.78 is 33.3. The van der Waals surface area contributed by atoms with Gasteiger partial charge >= 0.3 is 0 Å². The molecular formula is C25H35ClN2O4S. The van der Waals surface area contributed by atoms with Crippen LogP contribution in [-0.2, 0) is 14.8 Å². The summed E-state index contributed by atoms with van der Waals surface area (Å²) >= 11 is 5.94. The lowest BCUT2D eigenvalue weighted by Crippen LogP contribution is -2.33. The van der Waals surface area contributed by atoms with Gasteiger partial charge in [0.2, 0.25) is 15.9 Å². The van der Waals surface area contributed by atoms with Crippen LogP contribution in [0.15, 0.2) is 47.4 Å². The summed E-state index contributed by atoms with van der Waals surface area (Å²) in [6, 6.07) is 11.8. The Kier molecular flexibility index (Phi) is 11.2. The maximum absolute atomic E-state index is 13.0. The van der Waals surface area contributed by atoms with Gasteiger partial charge in [-0.15, -0.1) is 0 Å². The molecule has 1 amide bonds. The van der Waals surface area contributed by atoms with Crippen molar-refractivity contribution in [2.75, 3.05) is 25.0 Å². The maximum Gasteiger partial charge on any atom is 0.243 e. The average Bonchev–Trinajstić information content (AvgIpc) is 2.78. The van der Waals surface area contributed by atoms with Crippen LogP contribution >= 0.6 is 11.6 Å². The molecule has 0 unspecified atom stereocenters. The van der Waals surface area contributed by atoms with E-state index in [0.717, 1.165) is 37.0 Å². The summed E-state index contributed by atoms with van der Waals surface area (Å²) in [6.07, 6.45) is 4.40. The van der Waals surface area contributed by atoms with Gasteiger partial charge in [-0.3, -0.25) is 4.79 Å². The van der Waals surface area contributed by atoms with Gasteiger partial charge < -0.3 is 10.1 Å². The van der Waals surface area contributed by atoms with Crippen molar-refractivity contribution in [1.29, 1.82) is 0 Å². The molecule has 0 aliphatic carbocycles. The highest BCUT2D eigenvalue weighted by atomic mass is 35.5. The number of nitrogens with one attached hydrogen (secondary N) is 1. The highest BCUT2D eigenvalue weighted by Gasteiger charge is 2.23. The van der Waals surface area contributed by atoms with Gasteiger partial charge in [0.05, 0.1) is 11.5 Å². The first-order valence-corrected chi connectivity index (χ1v) is 13.4. The molecule has 1 N–H and O–H groups in total. The van der Waals surface area contributed by atoms with Crippen LogP contribution in [0.3, 0.4) is 0 Å². The largest absolute Gasteiger partial charge is 0.493 e. The third kappa shape index (κ3) is 8.65. The Bertz CT molecular complexity index is 986. The number of benzene rings is 2. The SMILES string of the molecule is CCCCN(CCCC)S(=O)(=O)c1ccc(NC(=O)CCCOc2ccc(Cl)cc2C)cc1. The summed E-state index contributed by atoms with van der Waals surface area (Å²) in [4.78, 5) is 12.5. The highest BCUT2D eigenvalue weighted by Crippen LogP contribution is 2.22. The Morgan fingerprint density at radius 3 is 2.21 bits per heavy atom. The molecule has 0 radical (unpaired) electrons. The molecular weight excluding hydrogens is 460 g/mol. The molecule has 2 rings (SSSR count). The van der Waals surface area contributed by atoms with Crippen molar-refractivity contribution in [3.05, 3.63) is 53.1 Å². The van der Waals surface area contributed by atoms with Crippen molar-refractivity contribution in [1.82, 2.24) is 4.31 Å². The Labute approximate surface area is 203 Å². The van der Waals surface area contributed by atoms with Gasteiger partial charge in [0.25, 0.3) is 0 Å². The molecule has 0 heterocycles. The molecule has 182 valence electrons. The van der Waals surface area contributed by atoms with Crippen molar-refractivity contribution < 1.29 is 17.9 Å². The topological polar surface area (TPSA) is 75.7 Å². The number of rotatable bonds is 14. The van der Waals surface area contributed by atoms with Gasteiger partial charge in [-0.05, 0) is 74.2 Å². The predicted octanol–water partition coefficient (Wildman–Crippen LogP) is 6.04. The zero-order valence-electron chi connectivity index (χ0n) is 19.8. The Hall–Kier alpha value is -2.09. The standard InChI is InChI=1S/C25H35ClN2O4S/c1-4-6-16-28(17-7-5-2)33(30,31)23-13-11-22(12-14-23)27-25(29)9-8-18-32-24-15-10-21(26)19-20(24)3/h10-15,19H,4-9,16-18H2,1-3H3,(H,27,29). The van der Waals surface area contributed by atoms with E-state index in [9.17, 15) is 13.2 Å². The molecule has 2 aromatic carbocycles. The van der Waals surface area contributed by atoms with Gasteiger partial charge in [0, 0.05) is 30.2 Å². The number of unbranched alkanes of at least 4 members (excludes halogenated alkanes) is 2. The van der Waals surface area contributed by atoms with Crippen molar-refractivity contribution in [2.24, 2.45) is 0 Å². The molecule has 0 aliphatic heterocycles. The Morgan fingerprint density at radius 2 is 1.64 bits per heavy atom. The minimum absolute atomic E-state index is 0.144. The fraction of sp³-hybridized carbons (Fsp3) is 0.480. The fourth-order valence-electron chi connectivity index (χ4n) is 3.29. The Morgan fingerprint density at radius 1 is 1.00 bits per heavy atom. The van der Waals surface area contributed by atoms with Gasteiger partial charge in [-0.2, -0.15) is 4.31 Å². The van der Waals surface area contributed by atoms with Crippen molar-refractivity contribution in [3.63, 3.8) is 0 Å². The average molecular weight is 495 g/mol. The molecule has 0 bridgehead atoms. The molecule has 0 fully saturated rings. The highest BCUT2D eigenvalue weighted by molar-refractivity contribution is 7.89. The zero-order chi connectivity index (χ0) is 24.3. The number of nitrogens with zero attached hydrogens (tertiary/aromatic N) is 1. The van der Waals surface area contributed by atoms with Crippen LogP contribution in [0.25, 0.3) is 0 Å². The summed E-state index contributed by atoms with van der Waals surface area (Å²) in [5, 5.41) is 3.48. The molecule has 0 aromatic heterocycles. The number of sulfonamides is 1. The van der Waals surface area contributed by atoms with E-state index >= 15 is 0 Å². The van der Waals surface area contributed by atoms with Crippen LogP contribution in [0.2, 0.25) is 5.02 Å². The van der Waals surface area contributed by atoms with Crippen LogP contribution in [0.5, 0.6) is 5.75 Å². The van der Waals surface area contributed by atoms with Crippen molar-refractivity contribution >= 4 is 33.2 Å². The number of carbonyl (C=O) groups is 1. The number of carbonyl (C=O) groups excluding carboxylic acids is 1. The van der Waals surface area contributed by atoms with E-state index < -0.39 is 10.0 Å². The number of anilines is 1. The van der Waals surface area contributed by atoms with Crippen LogP contribution in [0.1, 0.15) is 57.9 Å². The zero-order valence-corrected chi connectivity index (χ0v) is 21.3. The molecule has 0 spiro atoms. The summed E-state index contributed by atoms with van der Waals surface area (Å²) in [5.41, 5.74) is 1.52. The van der Waals surface area contributed by atoms with Crippen LogP contribution in [0.4, 0.5) is 5.69 Å². The minimum Gasteiger partial charge on any atom is -0.493 e. The summed E-state index contributed by atoms with van der Waals surface area (Å²) in [5.74, 6) is 0.609. The number of amides is 1. The van der Waals surface area contributed by atoms with Gasteiger partial charge in [-0.25, -0.2) is 8.42 Å². The normalized spacial score (nSPS) is 11.5. The first-order valence-electron chi connectivity index (χ1n) is 11.6. The quantitative estimate of drug-likeness (QED) is 0.325. The predicted molar refractivity (Wildman–Crippen MR) is 135 cm³/mol. The second-order valence-electron chi connectivity index (χ2n) is 8.05. The van der Waals surface area contributed by atoms with E-state index in [1.165, 1.54) is 0 Å². The third-order valence-electron chi connectivity index (χ3n) is 5.24. The van der Waals surface area contributed by atoms with Gasteiger partial charge in [0.15, 0.2) is 0 Å². The lowest BCUT2D eigenvalue weighted by Gasteiger charge is -2.22. The van der Waals surface area contributed by atoms with Crippen molar-refractivity contribution in [2.45, 2.75) is 64.2 Å². The Balaban J connectivity index is 1.87. The number of aryl methyl sites for hydroxylation is 1. The monoisotopic (exact) mass is 494 g/mol. The summed E-state index contributed by atoms with van der Waals surface area (Å²) in [6.45, 7) is 7.48. The second kappa shape index (κ2) is 13.6. The molecule has 6 nitrogen and oxygen atoms in total. The van der Waals surface area contributed by atoms with E-state index in [-0.39, 0.29) is 10.8 Å². The number of halogens is 1. The number of hydrogen-bond donors (Lipinski definition) is 1. The molecule has 0 saturated carbocycles. The number of ether oxygens (including phenoxy) is 1. The summed E-state index contributed by atoms with van der Waals surface area (Å²) in [7, 11) is -3.55. The smallest absolute Gasteiger partial charge is 0.243 e. The van der Waals surface area contributed by atoms with Crippen LogP contribution in [-0.4, -0.2) is 38.3 Å². The van der Waals surface area contributed by atoms with E-state index in [1.54, 1.807) is 34.6 Å². The van der Waals surface area contributed by atoms with Crippen LogP contribution in [0, 0.1) is 6.92 Å². The molecule has 8 heteroatoms. The third-order valence-corrected chi connectivity index (χ3v) is 7.39. The number of hydrogen-bond acceptors (Lipinski definition) is 4. The van der Waals surface area contributed by atoms with E-state index in [2.05, 4.69) is 5.32 Å². The molecule has 33 heavy (non-hydrogen) atoms. The maximum atomic E-state index is 13.0. The minimum atomic E-state index is -3.55. The van der Waals surface area contributed by atoms with Crippen LogP contribution < -0.4 is 10.1 Å². The molecule has 0 aliphatic rings. The lowest BCUT2D eigenvalue weighted by molar-refractivity contribution is -0.116. The van der Waals surface area contributed by atoms with Crippen molar-refractivity contribution in [3.8, 4) is 5.75 Å². The van der Waals surface area contributed by atoms with E-state index in [0.29, 0.717) is 43.2 Å². The molecule has 0 atom stereocenters. The van der Waals surface area contributed by atoms with Gasteiger partial charge in [-0.1, -0.05) is 38.3 Å². The first kappa shape index (κ1) is 27.2. The lowest BCUT2D eigenvalue weighted by atomic mass is 10.2. The second-order valence-corrected chi connectivity index (χ2v) is 10.4. The van der Waals surface area contributed by atoms with E-state index in [1.807, 2.05) is 32.9 Å². The van der Waals surface area contributed by atoms with Gasteiger partial charge in [0.1, 0.15) is 5.75 Å². The fourth-order valence-corrected chi connectivity index (χ4v) is 5.04. The van der Waals surface area contributed by atoms with E-state index in [4.69, 9.17) is 16.3 Å². The molecule has 0 saturated heterocycles. The first-order chi connectivity index (χ1) is 15.8.